The van der Waals surface area contributed by atoms with Crippen molar-refractivity contribution in [2.45, 2.75) is 6.42 Å². The number of nitro groups is 2. The van der Waals surface area contributed by atoms with Gasteiger partial charge in [0, 0.05) is 23.5 Å². The van der Waals surface area contributed by atoms with Crippen molar-refractivity contribution >= 4 is 55.9 Å². The predicted octanol–water partition coefficient (Wildman–Crippen LogP) is 5.72. The van der Waals surface area contributed by atoms with E-state index in [0.717, 1.165) is 33.8 Å². The number of amides is 2. The van der Waals surface area contributed by atoms with E-state index in [0.29, 0.717) is 17.8 Å². The quantitative estimate of drug-likeness (QED) is 0.230. The molecule has 176 valence electrons. The van der Waals surface area contributed by atoms with Crippen molar-refractivity contribution in [3.8, 4) is 0 Å². The van der Waals surface area contributed by atoms with E-state index in [1.807, 2.05) is 24.3 Å². The summed E-state index contributed by atoms with van der Waals surface area (Å²) in [5, 5.41) is 26.9. The van der Waals surface area contributed by atoms with Crippen LogP contribution in [0.25, 0.3) is 0 Å². The normalized spacial score (nSPS) is 10.5. The Balaban J connectivity index is 1.37. The molecule has 0 spiro atoms. The third-order valence-electron chi connectivity index (χ3n) is 4.80. The van der Waals surface area contributed by atoms with Gasteiger partial charge in [-0.05, 0) is 53.9 Å². The molecule has 2 aromatic carbocycles. The fourth-order valence-corrected chi connectivity index (χ4v) is 4.61. The van der Waals surface area contributed by atoms with Gasteiger partial charge in [0.05, 0.1) is 19.6 Å². The van der Waals surface area contributed by atoms with E-state index in [1.54, 1.807) is 24.3 Å². The molecule has 4 aromatic rings. The molecule has 2 heterocycles. The number of rotatable bonds is 8. The molecule has 0 saturated heterocycles. The highest BCUT2D eigenvalue weighted by atomic mass is 32.1. The van der Waals surface area contributed by atoms with Crippen molar-refractivity contribution in [3.63, 3.8) is 0 Å². The molecule has 2 aromatic heterocycles. The molecule has 0 fully saturated rings. The summed E-state index contributed by atoms with van der Waals surface area (Å²) in [4.78, 5) is 45.7. The second-order valence-electron chi connectivity index (χ2n) is 7.27. The fraction of sp³-hybridized carbons (Fsp3) is 0.0435. The number of hydrogen-bond donors (Lipinski definition) is 2. The summed E-state index contributed by atoms with van der Waals surface area (Å²) in [6, 6.07) is 19.9. The zero-order valence-electron chi connectivity index (χ0n) is 17.8. The third-order valence-corrected chi connectivity index (χ3v) is 6.87. The van der Waals surface area contributed by atoms with E-state index in [-0.39, 0.29) is 19.8 Å². The predicted molar refractivity (Wildman–Crippen MR) is 134 cm³/mol. The molecule has 12 heteroatoms. The summed E-state index contributed by atoms with van der Waals surface area (Å²) in [7, 11) is 0. The highest BCUT2D eigenvalue weighted by Crippen LogP contribution is 2.26. The lowest BCUT2D eigenvalue weighted by Gasteiger charge is -2.08. The molecule has 10 nitrogen and oxygen atoms in total. The van der Waals surface area contributed by atoms with Crippen molar-refractivity contribution in [1.82, 2.24) is 0 Å². The van der Waals surface area contributed by atoms with Gasteiger partial charge in [-0.15, -0.1) is 0 Å². The molecule has 0 aliphatic rings. The summed E-state index contributed by atoms with van der Waals surface area (Å²) >= 11 is 1.62. The van der Waals surface area contributed by atoms with E-state index in [2.05, 4.69) is 10.6 Å². The van der Waals surface area contributed by atoms with Crippen LogP contribution in [0.15, 0.2) is 72.8 Å². The first kappa shape index (κ1) is 23.7. The van der Waals surface area contributed by atoms with E-state index in [4.69, 9.17) is 0 Å². The van der Waals surface area contributed by atoms with Crippen molar-refractivity contribution in [1.29, 1.82) is 0 Å². The number of hydrogen-bond acceptors (Lipinski definition) is 8. The molecule has 0 atom stereocenters. The van der Waals surface area contributed by atoms with Gasteiger partial charge < -0.3 is 10.6 Å². The van der Waals surface area contributed by atoms with Crippen LogP contribution in [0.1, 0.15) is 30.5 Å². The average Bonchev–Trinajstić information content (AvgIpc) is 3.51. The molecule has 0 unspecified atom stereocenters. The van der Waals surface area contributed by atoms with Gasteiger partial charge in [0.2, 0.25) is 0 Å². The molecule has 0 aliphatic heterocycles. The number of benzene rings is 2. The smallest absolute Gasteiger partial charge is 0.321 e. The van der Waals surface area contributed by atoms with Crippen molar-refractivity contribution in [2.75, 3.05) is 10.6 Å². The molecule has 4 rings (SSSR count). The lowest BCUT2D eigenvalue weighted by Crippen LogP contribution is -2.10. The van der Waals surface area contributed by atoms with Crippen LogP contribution >= 0.6 is 22.7 Å². The van der Waals surface area contributed by atoms with Gasteiger partial charge in [-0.25, -0.2) is 0 Å². The number of nitrogens with one attached hydrogen (secondary N) is 2. The van der Waals surface area contributed by atoms with E-state index in [9.17, 15) is 29.8 Å². The van der Waals surface area contributed by atoms with E-state index >= 15 is 0 Å². The molecule has 0 radical (unpaired) electrons. The minimum absolute atomic E-state index is 0.0966. The van der Waals surface area contributed by atoms with Crippen molar-refractivity contribution in [3.05, 3.63) is 114 Å². The van der Waals surface area contributed by atoms with Crippen molar-refractivity contribution in [2.24, 2.45) is 0 Å². The highest BCUT2D eigenvalue weighted by molar-refractivity contribution is 7.17. The second kappa shape index (κ2) is 10.2. The van der Waals surface area contributed by atoms with Gasteiger partial charge in [0.25, 0.3) is 11.8 Å². The average molecular weight is 509 g/mol. The van der Waals surface area contributed by atoms with Gasteiger partial charge in [-0.1, -0.05) is 46.9 Å². The Labute approximate surface area is 206 Å². The molecule has 35 heavy (non-hydrogen) atoms. The first-order valence-electron chi connectivity index (χ1n) is 10.1. The van der Waals surface area contributed by atoms with E-state index < -0.39 is 21.7 Å². The maximum absolute atomic E-state index is 12.4. The summed E-state index contributed by atoms with van der Waals surface area (Å²) in [5.41, 5.74) is 3.02. The molecule has 0 bridgehead atoms. The Bertz CT molecular complexity index is 1430. The Hall–Kier alpha value is -4.42. The molecular weight excluding hydrogens is 492 g/mol. The highest BCUT2D eigenvalue weighted by Gasteiger charge is 2.16. The van der Waals surface area contributed by atoms with Crippen LogP contribution in [-0.4, -0.2) is 21.7 Å². The Morgan fingerprint density at radius 1 is 0.686 bits per heavy atom. The Kier molecular flexibility index (Phi) is 6.94. The number of anilines is 2. The van der Waals surface area contributed by atoms with Crippen LogP contribution in [-0.2, 0) is 6.42 Å². The van der Waals surface area contributed by atoms with Crippen LogP contribution in [0.5, 0.6) is 0 Å². The summed E-state index contributed by atoms with van der Waals surface area (Å²) in [6.07, 6.45) is 0.569. The van der Waals surface area contributed by atoms with Crippen LogP contribution in [0.2, 0.25) is 0 Å². The SMILES string of the molecule is O=C(Nc1ccc(Cc2cccc(NC(=O)c3ccc([N+](=O)[O-])s3)c2)cc1)c1ccc([N+](=O)[O-])s1. The third kappa shape index (κ3) is 5.93. The van der Waals surface area contributed by atoms with E-state index in [1.165, 1.54) is 24.3 Å². The molecular formula is C23H16N4O6S2. The van der Waals surface area contributed by atoms with Crippen LogP contribution in [0.3, 0.4) is 0 Å². The molecule has 2 N–H and O–H groups in total. The maximum Gasteiger partial charge on any atom is 0.324 e. The van der Waals surface area contributed by atoms with Gasteiger partial charge in [0.15, 0.2) is 0 Å². The van der Waals surface area contributed by atoms with Gasteiger partial charge in [0.1, 0.15) is 0 Å². The zero-order valence-corrected chi connectivity index (χ0v) is 19.4. The number of thiophene rings is 2. The molecule has 0 aliphatic carbocycles. The van der Waals surface area contributed by atoms with Crippen LogP contribution < -0.4 is 10.6 Å². The number of carbonyl (C=O) groups excluding carboxylic acids is 2. The van der Waals surface area contributed by atoms with Crippen LogP contribution in [0, 0.1) is 20.2 Å². The largest absolute Gasteiger partial charge is 0.324 e. The minimum atomic E-state index is -0.537. The van der Waals surface area contributed by atoms with Crippen molar-refractivity contribution < 1.29 is 19.4 Å². The maximum atomic E-state index is 12.4. The zero-order chi connectivity index (χ0) is 24.9. The summed E-state index contributed by atoms with van der Waals surface area (Å²) < 4.78 is 0. The first-order valence-corrected chi connectivity index (χ1v) is 11.7. The molecule has 2 amide bonds. The number of carbonyl (C=O) groups is 2. The lowest BCUT2D eigenvalue weighted by atomic mass is 10.0. The van der Waals surface area contributed by atoms with Gasteiger partial charge in [-0.3, -0.25) is 29.8 Å². The van der Waals surface area contributed by atoms with Gasteiger partial charge >= 0.3 is 10.0 Å². The minimum Gasteiger partial charge on any atom is -0.321 e. The lowest BCUT2D eigenvalue weighted by molar-refractivity contribution is -0.380. The second-order valence-corrected chi connectivity index (χ2v) is 9.40. The summed E-state index contributed by atoms with van der Waals surface area (Å²) in [6.45, 7) is 0. The topological polar surface area (TPSA) is 144 Å². The fourth-order valence-electron chi connectivity index (χ4n) is 3.18. The number of nitrogens with zero attached hydrogens (tertiary/aromatic N) is 2. The first-order chi connectivity index (χ1) is 16.8. The van der Waals surface area contributed by atoms with Crippen LogP contribution in [0.4, 0.5) is 21.4 Å². The summed E-state index contributed by atoms with van der Waals surface area (Å²) in [5.74, 6) is -0.841. The Morgan fingerprint density at radius 2 is 1.23 bits per heavy atom. The Morgan fingerprint density at radius 3 is 1.74 bits per heavy atom. The standard InChI is InChI=1S/C23H16N4O6S2/c28-22(18-8-10-20(34-18)26(30)31)24-16-6-4-14(5-7-16)12-15-2-1-3-17(13-15)25-23(29)19-9-11-21(35-19)27(32)33/h1-11,13H,12H2,(H,24,28)(H,25,29). The monoisotopic (exact) mass is 508 g/mol. The molecule has 0 saturated carbocycles. The van der Waals surface area contributed by atoms with Gasteiger partial charge in [-0.2, -0.15) is 0 Å².